The Morgan fingerprint density at radius 3 is 2.83 bits per heavy atom. The van der Waals surface area contributed by atoms with Gasteiger partial charge in [-0.1, -0.05) is 12.1 Å². The van der Waals surface area contributed by atoms with Crippen molar-refractivity contribution in [1.29, 1.82) is 0 Å². The number of amides is 1. The normalized spacial score (nSPS) is 12.1. The van der Waals surface area contributed by atoms with E-state index in [1.54, 1.807) is 17.4 Å². The number of benzene rings is 1. The van der Waals surface area contributed by atoms with Crippen molar-refractivity contribution in [2.45, 2.75) is 19.9 Å². The molecule has 0 fully saturated rings. The molecule has 2 rings (SSSR count). The van der Waals surface area contributed by atoms with Crippen LogP contribution >= 0.6 is 11.3 Å². The fourth-order valence-electron chi connectivity index (χ4n) is 1.76. The molecule has 1 aromatic carbocycles. The summed E-state index contributed by atoms with van der Waals surface area (Å²) in [6.45, 7) is 3.86. The topological polar surface area (TPSA) is 55.1 Å². The van der Waals surface area contributed by atoms with Gasteiger partial charge in [-0.25, -0.2) is 0 Å². The number of hydrogen-bond acceptors (Lipinski definition) is 3. The Kier molecular flexibility index (Phi) is 3.67. The number of anilines is 1. The van der Waals surface area contributed by atoms with Crippen LogP contribution in [-0.4, -0.2) is 5.91 Å². The van der Waals surface area contributed by atoms with Gasteiger partial charge in [0, 0.05) is 5.69 Å². The van der Waals surface area contributed by atoms with E-state index >= 15 is 0 Å². The van der Waals surface area contributed by atoms with E-state index in [-0.39, 0.29) is 11.9 Å². The number of rotatable bonds is 3. The number of carbonyl (C=O) groups is 1. The Hall–Kier alpha value is -1.81. The highest BCUT2D eigenvalue weighted by atomic mass is 32.1. The van der Waals surface area contributed by atoms with Crippen LogP contribution in [0.5, 0.6) is 0 Å². The van der Waals surface area contributed by atoms with E-state index in [2.05, 4.69) is 5.32 Å². The highest BCUT2D eigenvalue weighted by Crippen LogP contribution is 2.19. The van der Waals surface area contributed by atoms with Crippen LogP contribution < -0.4 is 11.1 Å². The standard InChI is InChI=1S/C14H16N2OS/c1-9-4-3-5-12(13(9)15)14(17)16-10(2)11-6-7-18-8-11/h3-8,10H,15H2,1-2H3,(H,16,17). The molecule has 18 heavy (non-hydrogen) atoms. The van der Waals surface area contributed by atoms with Crippen molar-refractivity contribution in [3.8, 4) is 0 Å². The minimum atomic E-state index is -0.130. The third-order valence-electron chi connectivity index (χ3n) is 2.96. The Morgan fingerprint density at radius 1 is 1.39 bits per heavy atom. The van der Waals surface area contributed by atoms with E-state index in [1.165, 1.54) is 0 Å². The van der Waals surface area contributed by atoms with Gasteiger partial charge in [0.2, 0.25) is 0 Å². The summed E-state index contributed by atoms with van der Waals surface area (Å²) in [6.07, 6.45) is 0. The highest BCUT2D eigenvalue weighted by molar-refractivity contribution is 7.07. The summed E-state index contributed by atoms with van der Waals surface area (Å²) in [6, 6.07) is 7.49. The molecule has 0 aliphatic heterocycles. The van der Waals surface area contributed by atoms with Gasteiger partial charge in [-0.3, -0.25) is 4.79 Å². The molecule has 0 spiro atoms. The molecule has 1 unspecified atom stereocenters. The zero-order valence-corrected chi connectivity index (χ0v) is 11.3. The predicted molar refractivity (Wildman–Crippen MR) is 75.8 cm³/mol. The molecule has 1 atom stereocenters. The Morgan fingerprint density at radius 2 is 2.17 bits per heavy atom. The van der Waals surface area contributed by atoms with Crippen molar-refractivity contribution in [3.05, 3.63) is 51.7 Å². The molecule has 3 N–H and O–H groups in total. The lowest BCUT2D eigenvalue weighted by Gasteiger charge is -2.14. The molecule has 0 aliphatic rings. The molecule has 1 amide bonds. The van der Waals surface area contributed by atoms with Gasteiger partial charge in [0.15, 0.2) is 0 Å². The van der Waals surface area contributed by atoms with Crippen molar-refractivity contribution in [2.75, 3.05) is 5.73 Å². The number of nitrogen functional groups attached to an aromatic ring is 1. The van der Waals surface area contributed by atoms with Crippen molar-refractivity contribution >= 4 is 22.9 Å². The molecule has 94 valence electrons. The molecule has 0 saturated heterocycles. The average molecular weight is 260 g/mol. The van der Waals surface area contributed by atoms with Gasteiger partial charge in [-0.2, -0.15) is 11.3 Å². The Bertz CT molecular complexity index is 549. The summed E-state index contributed by atoms with van der Waals surface area (Å²) in [4.78, 5) is 12.1. The SMILES string of the molecule is Cc1cccc(C(=O)NC(C)c2ccsc2)c1N. The zero-order valence-electron chi connectivity index (χ0n) is 10.4. The lowest BCUT2D eigenvalue weighted by Crippen LogP contribution is -2.27. The van der Waals surface area contributed by atoms with E-state index < -0.39 is 0 Å². The minimum Gasteiger partial charge on any atom is -0.398 e. The summed E-state index contributed by atoms with van der Waals surface area (Å²) in [5, 5.41) is 6.99. The molecule has 0 radical (unpaired) electrons. The second-order valence-electron chi connectivity index (χ2n) is 4.29. The first-order chi connectivity index (χ1) is 8.59. The molecule has 3 nitrogen and oxygen atoms in total. The third kappa shape index (κ3) is 2.54. The summed E-state index contributed by atoms with van der Waals surface area (Å²) < 4.78 is 0. The second-order valence-corrected chi connectivity index (χ2v) is 5.07. The van der Waals surface area contributed by atoms with Crippen LogP contribution in [0.4, 0.5) is 5.69 Å². The molecule has 2 aromatic rings. The smallest absolute Gasteiger partial charge is 0.253 e. The third-order valence-corrected chi connectivity index (χ3v) is 3.66. The molecular formula is C14H16N2OS. The average Bonchev–Trinajstić information content (AvgIpc) is 2.86. The van der Waals surface area contributed by atoms with Crippen molar-refractivity contribution < 1.29 is 4.79 Å². The van der Waals surface area contributed by atoms with Crippen molar-refractivity contribution in [2.24, 2.45) is 0 Å². The number of nitrogens with one attached hydrogen (secondary N) is 1. The first-order valence-corrected chi connectivity index (χ1v) is 6.72. The molecule has 1 aromatic heterocycles. The number of nitrogens with two attached hydrogens (primary N) is 1. The minimum absolute atomic E-state index is 0.0105. The molecule has 0 aliphatic carbocycles. The van der Waals surface area contributed by atoms with Crippen LogP contribution in [0.25, 0.3) is 0 Å². The van der Waals surface area contributed by atoms with E-state index in [0.29, 0.717) is 11.3 Å². The first kappa shape index (κ1) is 12.6. The van der Waals surface area contributed by atoms with E-state index in [0.717, 1.165) is 11.1 Å². The number of thiophene rings is 1. The first-order valence-electron chi connectivity index (χ1n) is 5.77. The Labute approximate surface area is 111 Å². The number of carbonyl (C=O) groups excluding carboxylic acids is 1. The second kappa shape index (κ2) is 5.23. The van der Waals surface area contributed by atoms with E-state index in [4.69, 9.17) is 5.73 Å². The number of hydrogen-bond donors (Lipinski definition) is 2. The van der Waals surface area contributed by atoms with Gasteiger partial charge in [-0.05, 0) is 47.9 Å². The number of para-hydroxylation sites is 1. The molecule has 1 heterocycles. The van der Waals surface area contributed by atoms with Gasteiger partial charge in [0.1, 0.15) is 0 Å². The quantitative estimate of drug-likeness (QED) is 0.833. The maximum Gasteiger partial charge on any atom is 0.253 e. The van der Waals surface area contributed by atoms with Crippen LogP contribution in [0.15, 0.2) is 35.0 Å². The van der Waals surface area contributed by atoms with Gasteiger partial charge in [0.05, 0.1) is 11.6 Å². The largest absolute Gasteiger partial charge is 0.398 e. The van der Waals surface area contributed by atoms with Crippen LogP contribution in [0.3, 0.4) is 0 Å². The molecule has 4 heteroatoms. The van der Waals surface area contributed by atoms with Gasteiger partial charge < -0.3 is 11.1 Å². The molecular weight excluding hydrogens is 244 g/mol. The lowest BCUT2D eigenvalue weighted by molar-refractivity contribution is 0.0941. The molecule has 0 saturated carbocycles. The van der Waals surface area contributed by atoms with Gasteiger partial charge in [-0.15, -0.1) is 0 Å². The predicted octanol–water partition coefficient (Wildman–Crippen LogP) is 3.13. The van der Waals surface area contributed by atoms with E-state index in [1.807, 2.05) is 42.8 Å². The molecule has 0 bridgehead atoms. The maximum absolute atomic E-state index is 12.1. The Balaban J connectivity index is 2.15. The maximum atomic E-state index is 12.1. The van der Waals surface area contributed by atoms with Crippen LogP contribution in [0.2, 0.25) is 0 Å². The van der Waals surface area contributed by atoms with Gasteiger partial charge >= 0.3 is 0 Å². The summed E-state index contributed by atoms with van der Waals surface area (Å²) in [5.74, 6) is -0.130. The fraction of sp³-hybridized carbons (Fsp3) is 0.214. The summed E-state index contributed by atoms with van der Waals surface area (Å²) in [5.41, 5.74) is 9.04. The van der Waals surface area contributed by atoms with Crippen molar-refractivity contribution in [1.82, 2.24) is 5.32 Å². The van der Waals surface area contributed by atoms with E-state index in [9.17, 15) is 4.79 Å². The summed E-state index contributed by atoms with van der Waals surface area (Å²) in [7, 11) is 0. The fourth-order valence-corrected chi connectivity index (χ4v) is 2.51. The number of aryl methyl sites for hydroxylation is 1. The van der Waals surface area contributed by atoms with Crippen LogP contribution in [0, 0.1) is 6.92 Å². The monoisotopic (exact) mass is 260 g/mol. The van der Waals surface area contributed by atoms with Crippen LogP contribution in [0.1, 0.15) is 34.5 Å². The lowest BCUT2D eigenvalue weighted by atomic mass is 10.1. The van der Waals surface area contributed by atoms with Crippen molar-refractivity contribution in [3.63, 3.8) is 0 Å². The van der Waals surface area contributed by atoms with Crippen LogP contribution in [-0.2, 0) is 0 Å². The van der Waals surface area contributed by atoms with Gasteiger partial charge in [0.25, 0.3) is 5.91 Å². The summed E-state index contributed by atoms with van der Waals surface area (Å²) >= 11 is 1.62. The zero-order chi connectivity index (χ0) is 13.1. The highest BCUT2D eigenvalue weighted by Gasteiger charge is 2.14.